The third-order valence-electron chi connectivity index (χ3n) is 3.10. The number of ether oxygens (including phenoxy) is 1. The predicted octanol–water partition coefficient (Wildman–Crippen LogP) is 0.361. The van der Waals surface area contributed by atoms with Crippen LogP contribution >= 0.6 is 0 Å². The number of likely N-dealkylation sites (N-methyl/N-ethyl adjacent to an activating group) is 1. The van der Waals surface area contributed by atoms with Crippen LogP contribution in [0.3, 0.4) is 0 Å². The fraction of sp³-hybridized carbons (Fsp3) is 0.786. The molecule has 1 atom stereocenters. The maximum Gasteiger partial charge on any atom is 0.333 e. The Morgan fingerprint density at radius 3 is 2.00 bits per heavy atom. The van der Waals surface area contributed by atoms with Gasteiger partial charge in [-0.1, -0.05) is 13.5 Å². The van der Waals surface area contributed by atoms with E-state index in [1.54, 1.807) is 13.8 Å². The van der Waals surface area contributed by atoms with Crippen molar-refractivity contribution in [1.82, 2.24) is 0 Å². The summed E-state index contributed by atoms with van der Waals surface area (Å²) in [5.74, 6) is -0.286. The fourth-order valence-corrected chi connectivity index (χ4v) is 1.63. The van der Waals surface area contributed by atoms with Gasteiger partial charge in [0.05, 0.1) is 23.2 Å². The van der Waals surface area contributed by atoms with E-state index in [2.05, 4.69) is 20.4 Å². The van der Waals surface area contributed by atoms with Gasteiger partial charge in [-0.3, -0.25) is 0 Å². The van der Waals surface area contributed by atoms with Crippen LogP contribution in [0.25, 0.3) is 0 Å². The summed E-state index contributed by atoms with van der Waals surface area (Å²) in [5.41, 5.74) is 0.467. The zero-order valence-electron chi connectivity index (χ0n) is 13.8. The molecule has 0 saturated carbocycles. The molecule has 0 aliphatic carbocycles. The van der Waals surface area contributed by atoms with Crippen molar-refractivity contribution in [2.24, 2.45) is 0 Å². The number of quaternary nitrogens is 1. The van der Waals surface area contributed by atoms with Gasteiger partial charge in [-0.25, -0.2) is 13.2 Å². The van der Waals surface area contributed by atoms with Crippen molar-refractivity contribution in [3.63, 3.8) is 0 Å². The Kier molecular flexibility index (Phi) is 12.5. The van der Waals surface area contributed by atoms with E-state index >= 15 is 0 Å². The minimum atomic E-state index is -4.00. The average molecular weight is 323 g/mol. The van der Waals surface area contributed by atoms with Gasteiger partial charge >= 0.3 is 5.97 Å². The molecule has 6 nitrogen and oxygen atoms in total. The van der Waals surface area contributed by atoms with E-state index in [0.29, 0.717) is 18.6 Å². The molecule has 0 amide bonds. The second kappa shape index (κ2) is 11.7. The Hall–Kier alpha value is -0.920. The first kappa shape index (κ1) is 22.4. The lowest BCUT2D eigenvalue weighted by molar-refractivity contribution is -0.896. The molecule has 1 unspecified atom stereocenters. The molecule has 0 fully saturated rings. The third-order valence-corrected chi connectivity index (χ3v) is 4.42. The highest BCUT2D eigenvalue weighted by Crippen LogP contribution is 1.99. The molecule has 126 valence electrons. The molecule has 7 heteroatoms. The van der Waals surface area contributed by atoms with Crippen LogP contribution in [-0.4, -0.2) is 50.4 Å². The van der Waals surface area contributed by atoms with Crippen molar-refractivity contribution >= 4 is 16.1 Å². The highest BCUT2D eigenvalue weighted by atomic mass is 32.2. The molecule has 0 spiro atoms. The Labute approximate surface area is 128 Å². The second-order valence-electron chi connectivity index (χ2n) is 4.84. The molecule has 0 aromatic heterocycles. The van der Waals surface area contributed by atoms with Crippen LogP contribution < -0.4 is 4.90 Å². The quantitative estimate of drug-likeness (QED) is 0.396. The van der Waals surface area contributed by atoms with Crippen LogP contribution in [0.2, 0.25) is 0 Å². The first-order valence-electron chi connectivity index (χ1n) is 7.20. The van der Waals surface area contributed by atoms with E-state index in [-0.39, 0.29) is 5.97 Å². The first-order valence-corrected chi connectivity index (χ1v) is 8.68. The van der Waals surface area contributed by atoms with Gasteiger partial charge in [0.25, 0.3) is 0 Å². The van der Waals surface area contributed by atoms with Crippen LogP contribution in [-0.2, 0) is 19.6 Å². The van der Waals surface area contributed by atoms with Crippen molar-refractivity contribution in [2.45, 2.75) is 46.3 Å². The van der Waals surface area contributed by atoms with Crippen molar-refractivity contribution < 1.29 is 27.4 Å². The Morgan fingerprint density at radius 2 is 1.76 bits per heavy atom. The minimum Gasteiger partial charge on any atom is -0.748 e. The lowest BCUT2D eigenvalue weighted by Gasteiger charge is -2.14. The second-order valence-corrected chi connectivity index (χ2v) is 6.63. The molecule has 0 aromatic carbocycles. The molecular weight excluding hydrogens is 294 g/mol. The van der Waals surface area contributed by atoms with Crippen LogP contribution in [0.4, 0.5) is 0 Å². The number of rotatable bonds is 8. The summed E-state index contributed by atoms with van der Waals surface area (Å²) in [5, 5.41) is -0.734. The maximum absolute atomic E-state index is 11.0. The van der Waals surface area contributed by atoms with E-state index in [9.17, 15) is 17.8 Å². The van der Waals surface area contributed by atoms with Gasteiger partial charge in [0.15, 0.2) is 0 Å². The average Bonchev–Trinajstić information content (AvgIpc) is 2.41. The van der Waals surface area contributed by atoms with Gasteiger partial charge in [0.1, 0.15) is 13.2 Å². The topological polar surface area (TPSA) is 87.9 Å². The monoisotopic (exact) mass is 323 g/mol. The van der Waals surface area contributed by atoms with Crippen molar-refractivity contribution in [2.75, 3.05) is 26.2 Å². The lowest BCUT2D eigenvalue weighted by atomic mass is 10.4. The number of carbonyl (C=O) groups is 1. The number of nitrogens with one attached hydrogen (secondary N) is 1. The molecule has 1 N–H and O–H groups in total. The molecule has 21 heavy (non-hydrogen) atoms. The summed E-state index contributed by atoms with van der Waals surface area (Å²) in [4.78, 5) is 12.4. The molecule has 0 rings (SSSR count). The molecule has 0 heterocycles. The molecule has 0 saturated heterocycles. The zero-order chi connectivity index (χ0) is 17.1. The van der Waals surface area contributed by atoms with Gasteiger partial charge in [0.2, 0.25) is 0 Å². The summed E-state index contributed by atoms with van der Waals surface area (Å²) >= 11 is 0. The van der Waals surface area contributed by atoms with Gasteiger partial charge in [-0.05, 0) is 34.1 Å². The van der Waals surface area contributed by atoms with Crippen molar-refractivity contribution in [1.29, 1.82) is 0 Å². The smallest absolute Gasteiger partial charge is 0.333 e. The number of hydrogen-bond acceptors (Lipinski definition) is 5. The van der Waals surface area contributed by atoms with Gasteiger partial charge in [-0.15, -0.1) is 0 Å². The SMILES string of the molecule is C=C(C)C(=O)OCC[NH+](CC)CC.CCC(C)S(=O)(=O)[O-]. The van der Waals surface area contributed by atoms with E-state index in [1.807, 2.05) is 0 Å². The Balaban J connectivity index is 0. The number of hydrogen-bond donors (Lipinski definition) is 1. The molecule has 0 aliphatic rings. The summed E-state index contributed by atoms with van der Waals surface area (Å²) in [6.07, 6.45) is 0.395. The van der Waals surface area contributed by atoms with E-state index in [1.165, 1.54) is 11.8 Å². The summed E-state index contributed by atoms with van der Waals surface area (Å²) in [7, 11) is -4.00. The summed E-state index contributed by atoms with van der Waals surface area (Å²) < 4.78 is 35.0. The highest BCUT2D eigenvalue weighted by molar-refractivity contribution is 7.86. The van der Waals surface area contributed by atoms with E-state index < -0.39 is 15.4 Å². The molecule has 0 radical (unpaired) electrons. The molecule has 0 aromatic rings. The minimum absolute atomic E-state index is 0.286. The van der Waals surface area contributed by atoms with Crippen LogP contribution in [0, 0.1) is 0 Å². The van der Waals surface area contributed by atoms with Crippen molar-refractivity contribution in [3.8, 4) is 0 Å². The lowest BCUT2D eigenvalue weighted by Crippen LogP contribution is -3.11. The van der Waals surface area contributed by atoms with Crippen LogP contribution in [0.5, 0.6) is 0 Å². The Morgan fingerprint density at radius 1 is 1.29 bits per heavy atom. The number of esters is 1. The van der Waals surface area contributed by atoms with Crippen LogP contribution in [0.1, 0.15) is 41.0 Å². The zero-order valence-corrected chi connectivity index (χ0v) is 14.6. The predicted molar refractivity (Wildman–Crippen MR) is 82.1 cm³/mol. The summed E-state index contributed by atoms with van der Waals surface area (Å²) in [6.45, 7) is 16.0. The summed E-state index contributed by atoms with van der Waals surface area (Å²) in [6, 6.07) is 0. The number of carbonyl (C=O) groups excluding carboxylic acids is 1. The largest absolute Gasteiger partial charge is 0.748 e. The Bertz CT molecular complexity index is 402. The highest BCUT2D eigenvalue weighted by Gasteiger charge is 2.06. The van der Waals surface area contributed by atoms with Crippen LogP contribution in [0.15, 0.2) is 12.2 Å². The van der Waals surface area contributed by atoms with Gasteiger partial charge in [-0.2, -0.15) is 0 Å². The molecule has 0 aliphatic heterocycles. The fourth-order valence-electron chi connectivity index (χ4n) is 1.22. The van der Waals surface area contributed by atoms with Gasteiger partial charge < -0.3 is 14.2 Å². The standard InChI is InChI=1S/C10H19NO2.C4H10O3S/c1-5-11(6-2)7-8-13-10(12)9(3)4;1-3-4(2)8(5,6)7/h3,5-8H2,1-2,4H3;4H,3H2,1-2H3,(H,5,6,7). The van der Waals surface area contributed by atoms with E-state index in [0.717, 1.165) is 19.6 Å². The van der Waals surface area contributed by atoms with Gasteiger partial charge in [0, 0.05) is 10.8 Å². The molecule has 0 bridgehead atoms. The van der Waals surface area contributed by atoms with E-state index in [4.69, 9.17) is 4.74 Å². The van der Waals surface area contributed by atoms with Crippen molar-refractivity contribution in [3.05, 3.63) is 12.2 Å². The normalized spacial score (nSPS) is 12.3. The third kappa shape index (κ3) is 12.5. The molecular formula is C14H29NO5S. The maximum atomic E-state index is 11.0. The first-order chi connectivity index (χ1) is 9.59.